The number of nitrogens with one attached hydrogen (secondary N) is 1. The van der Waals surface area contributed by atoms with Gasteiger partial charge in [-0.1, -0.05) is 56.3 Å². The molecule has 0 aliphatic rings. The SMILES string of the molecule is CC(C)c1ccc(-c2csc3ncn(CC(=O)c4c[nH]c5ccccc45)c(=O)c23)cc1. The Hall–Kier alpha value is -3.51. The van der Waals surface area contributed by atoms with Crippen LogP contribution in [-0.4, -0.2) is 20.3 Å². The molecule has 0 aliphatic carbocycles. The van der Waals surface area contributed by atoms with Gasteiger partial charge in [0.15, 0.2) is 5.78 Å². The number of fused-ring (bicyclic) bond motifs is 2. The maximum Gasteiger partial charge on any atom is 0.263 e. The highest BCUT2D eigenvalue weighted by Crippen LogP contribution is 2.31. The Morgan fingerprint density at radius 1 is 1.13 bits per heavy atom. The molecule has 0 spiro atoms. The highest BCUT2D eigenvalue weighted by molar-refractivity contribution is 7.17. The van der Waals surface area contributed by atoms with Crippen LogP contribution in [0.1, 0.15) is 35.7 Å². The van der Waals surface area contributed by atoms with E-state index in [1.54, 1.807) is 6.20 Å². The molecule has 0 saturated carbocycles. The average molecular weight is 428 g/mol. The average Bonchev–Trinajstić information content (AvgIpc) is 3.40. The lowest BCUT2D eigenvalue weighted by Crippen LogP contribution is -2.24. The molecule has 0 unspecified atom stereocenters. The van der Waals surface area contributed by atoms with Crippen LogP contribution in [0, 0.1) is 0 Å². The minimum atomic E-state index is -0.192. The summed E-state index contributed by atoms with van der Waals surface area (Å²) in [7, 11) is 0. The number of hydrogen-bond donors (Lipinski definition) is 1. The van der Waals surface area contributed by atoms with E-state index in [4.69, 9.17) is 0 Å². The summed E-state index contributed by atoms with van der Waals surface area (Å²) >= 11 is 1.45. The third kappa shape index (κ3) is 3.39. The van der Waals surface area contributed by atoms with E-state index in [0.29, 0.717) is 21.7 Å². The van der Waals surface area contributed by atoms with Gasteiger partial charge in [0.1, 0.15) is 4.83 Å². The van der Waals surface area contributed by atoms with Crippen LogP contribution in [-0.2, 0) is 6.54 Å². The quantitative estimate of drug-likeness (QED) is 0.371. The van der Waals surface area contributed by atoms with E-state index in [1.165, 1.54) is 27.8 Å². The number of ketones is 1. The molecule has 0 aliphatic heterocycles. The second-order valence-corrected chi connectivity index (χ2v) is 8.81. The largest absolute Gasteiger partial charge is 0.360 e. The summed E-state index contributed by atoms with van der Waals surface area (Å²) in [6.45, 7) is 4.26. The molecule has 0 atom stereocenters. The van der Waals surface area contributed by atoms with Crippen molar-refractivity contribution in [1.29, 1.82) is 0 Å². The third-order valence-corrected chi connectivity index (χ3v) is 6.54. The molecule has 0 fully saturated rings. The molecule has 6 heteroatoms. The van der Waals surface area contributed by atoms with Crippen molar-refractivity contribution < 1.29 is 4.79 Å². The Kier molecular flexibility index (Phi) is 4.79. The van der Waals surface area contributed by atoms with Gasteiger partial charge in [-0.25, -0.2) is 4.98 Å². The highest BCUT2D eigenvalue weighted by atomic mass is 32.1. The summed E-state index contributed by atoms with van der Waals surface area (Å²) < 4.78 is 1.41. The molecular weight excluding hydrogens is 406 g/mol. The number of nitrogens with zero attached hydrogens (tertiary/aromatic N) is 2. The topological polar surface area (TPSA) is 67.8 Å². The molecule has 0 bridgehead atoms. The number of aromatic nitrogens is 3. The van der Waals surface area contributed by atoms with Crippen LogP contribution >= 0.6 is 11.3 Å². The summed E-state index contributed by atoms with van der Waals surface area (Å²) in [6.07, 6.45) is 3.18. The first-order chi connectivity index (χ1) is 15.0. The maximum atomic E-state index is 13.3. The first-order valence-electron chi connectivity index (χ1n) is 10.2. The number of H-pyrrole nitrogens is 1. The van der Waals surface area contributed by atoms with Crippen LogP contribution in [0.4, 0.5) is 0 Å². The summed E-state index contributed by atoms with van der Waals surface area (Å²) in [5.41, 5.74) is 4.39. The van der Waals surface area contributed by atoms with E-state index in [1.807, 2.05) is 41.8 Å². The maximum absolute atomic E-state index is 13.3. The van der Waals surface area contributed by atoms with Crippen LogP contribution in [0.15, 0.2) is 71.2 Å². The van der Waals surface area contributed by atoms with Crippen LogP contribution < -0.4 is 5.56 Å². The van der Waals surface area contributed by atoms with Crippen LogP contribution in [0.25, 0.3) is 32.2 Å². The predicted molar refractivity (Wildman–Crippen MR) is 126 cm³/mol. The van der Waals surface area contributed by atoms with Crippen molar-refractivity contribution in [1.82, 2.24) is 14.5 Å². The Labute approximate surface area is 183 Å². The van der Waals surface area contributed by atoms with E-state index in [0.717, 1.165) is 22.0 Å². The molecule has 5 nitrogen and oxygen atoms in total. The fourth-order valence-electron chi connectivity index (χ4n) is 3.88. The molecular formula is C25H21N3O2S. The molecule has 3 aromatic heterocycles. The fraction of sp³-hybridized carbons (Fsp3) is 0.160. The van der Waals surface area contributed by atoms with Gasteiger partial charge in [0.2, 0.25) is 0 Å². The number of Topliss-reactive ketones (excluding diaryl/α,β-unsaturated/α-hetero) is 1. The van der Waals surface area contributed by atoms with Crippen molar-refractivity contribution in [2.75, 3.05) is 0 Å². The minimum absolute atomic E-state index is 0.0504. The standard InChI is InChI=1S/C25H21N3O2S/c1-15(2)16-7-9-17(10-8-16)20-13-31-24-23(20)25(30)28(14-27-24)12-22(29)19-11-26-21-6-4-3-5-18(19)21/h3-11,13-15,26H,12H2,1-2H3. The molecule has 0 amide bonds. The Bertz CT molecular complexity index is 1470. The zero-order valence-corrected chi connectivity index (χ0v) is 18.1. The van der Waals surface area contributed by atoms with Crippen molar-refractivity contribution in [3.8, 4) is 11.1 Å². The molecule has 5 aromatic rings. The number of carbonyl (C=O) groups excluding carboxylic acids is 1. The fourth-order valence-corrected chi connectivity index (χ4v) is 4.79. The zero-order valence-electron chi connectivity index (χ0n) is 17.3. The highest BCUT2D eigenvalue weighted by Gasteiger charge is 2.17. The molecule has 5 rings (SSSR count). The van der Waals surface area contributed by atoms with E-state index in [-0.39, 0.29) is 17.9 Å². The van der Waals surface area contributed by atoms with Gasteiger partial charge in [-0.05, 0) is 23.1 Å². The Morgan fingerprint density at radius 2 is 1.90 bits per heavy atom. The van der Waals surface area contributed by atoms with Gasteiger partial charge in [0.25, 0.3) is 5.56 Å². The zero-order chi connectivity index (χ0) is 21.5. The van der Waals surface area contributed by atoms with E-state index < -0.39 is 0 Å². The molecule has 0 saturated heterocycles. The van der Waals surface area contributed by atoms with Crippen LogP contribution in [0.5, 0.6) is 0 Å². The first-order valence-corrected chi connectivity index (χ1v) is 11.1. The molecule has 1 N–H and O–H groups in total. The van der Waals surface area contributed by atoms with Gasteiger partial charge in [0, 0.05) is 33.6 Å². The number of aromatic amines is 1. The molecule has 2 aromatic carbocycles. The number of carbonyl (C=O) groups is 1. The van der Waals surface area contributed by atoms with E-state index >= 15 is 0 Å². The van der Waals surface area contributed by atoms with Crippen LogP contribution in [0.2, 0.25) is 0 Å². The van der Waals surface area contributed by atoms with Gasteiger partial charge in [0.05, 0.1) is 18.3 Å². The monoisotopic (exact) mass is 427 g/mol. The lowest BCUT2D eigenvalue weighted by Gasteiger charge is -2.07. The summed E-state index contributed by atoms with van der Waals surface area (Å²) in [5, 5.41) is 3.39. The van der Waals surface area contributed by atoms with Crippen molar-refractivity contribution >= 4 is 38.2 Å². The number of hydrogen-bond acceptors (Lipinski definition) is 4. The lowest BCUT2D eigenvalue weighted by atomic mass is 9.99. The second kappa shape index (κ2) is 7.63. The molecule has 31 heavy (non-hydrogen) atoms. The summed E-state index contributed by atoms with van der Waals surface area (Å²) in [6, 6.07) is 15.9. The third-order valence-electron chi connectivity index (χ3n) is 5.65. The Morgan fingerprint density at radius 3 is 2.68 bits per heavy atom. The van der Waals surface area contributed by atoms with Crippen molar-refractivity contribution in [3.63, 3.8) is 0 Å². The van der Waals surface area contributed by atoms with Gasteiger partial charge in [-0.2, -0.15) is 0 Å². The number of rotatable bonds is 5. The van der Waals surface area contributed by atoms with Crippen molar-refractivity contribution in [3.05, 3.63) is 87.9 Å². The predicted octanol–water partition coefficient (Wildman–Crippen LogP) is 5.61. The molecule has 154 valence electrons. The first kappa shape index (κ1) is 19.5. The van der Waals surface area contributed by atoms with Crippen molar-refractivity contribution in [2.45, 2.75) is 26.3 Å². The minimum Gasteiger partial charge on any atom is -0.360 e. The molecule has 0 radical (unpaired) electrons. The smallest absolute Gasteiger partial charge is 0.263 e. The number of benzene rings is 2. The van der Waals surface area contributed by atoms with E-state index in [9.17, 15) is 9.59 Å². The van der Waals surface area contributed by atoms with Gasteiger partial charge in [-0.3, -0.25) is 14.2 Å². The summed E-state index contributed by atoms with van der Waals surface area (Å²) in [4.78, 5) is 34.5. The number of para-hydroxylation sites is 1. The van der Waals surface area contributed by atoms with Gasteiger partial charge in [-0.15, -0.1) is 11.3 Å². The van der Waals surface area contributed by atoms with Gasteiger partial charge < -0.3 is 4.98 Å². The Balaban J connectivity index is 1.53. The van der Waals surface area contributed by atoms with E-state index in [2.05, 4.69) is 35.9 Å². The van der Waals surface area contributed by atoms with Crippen LogP contribution in [0.3, 0.4) is 0 Å². The second-order valence-electron chi connectivity index (χ2n) is 7.95. The molecule has 3 heterocycles. The lowest BCUT2D eigenvalue weighted by molar-refractivity contribution is 0.0972. The van der Waals surface area contributed by atoms with Gasteiger partial charge >= 0.3 is 0 Å². The number of thiophene rings is 1. The van der Waals surface area contributed by atoms with Crippen molar-refractivity contribution in [2.24, 2.45) is 0 Å². The normalized spacial score (nSPS) is 11.6. The summed E-state index contributed by atoms with van der Waals surface area (Å²) in [5.74, 6) is 0.321.